The average molecular weight is 317 g/mol. The van der Waals surface area contributed by atoms with E-state index in [9.17, 15) is 4.79 Å². The summed E-state index contributed by atoms with van der Waals surface area (Å²) in [6.07, 6.45) is 0. The van der Waals surface area contributed by atoms with Crippen molar-refractivity contribution in [1.82, 2.24) is 5.43 Å². The topological polar surface area (TPSA) is 50.7 Å². The largest absolute Gasteiger partial charge is 0.494 e. The number of carbonyl (C=O) groups is 1. The third-order valence-electron chi connectivity index (χ3n) is 3.03. The number of ether oxygens (including phenoxy) is 1. The van der Waals surface area contributed by atoms with Crippen LogP contribution in [-0.2, 0) is 0 Å². The Morgan fingerprint density at radius 1 is 1.18 bits per heavy atom. The molecule has 114 valence electrons. The van der Waals surface area contributed by atoms with E-state index < -0.39 is 0 Å². The smallest absolute Gasteiger partial charge is 0.272 e. The minimum Gasteiger partial charge on any atom is -0.494 e. The number of benzene rings is 2. The van der Waals surface area contributed by atoms with Crippen molar-refractivity contribution in [2.24, 2.45) is 5.10 Å². The molecule has 0 spiro atoms. The monoisotopic (exact) mass is 316 g/mol. The van der Waals surface area contributed by atoms with Gasteiger partial charge in [-0.05, 0) is 55.8 Å². The Bertz CT molecular complexity index is 681. The summed E-state index contributed by atoms with van der Waals surface area (Å²) in [6.45, 7) is 4.38. The molecule has 0 aromatic heterocycles. The number of hydrogen-bond acceptors (Lipinski definition) is 3. The summed E-state index contributed by atoms with van der Waals surface area (Å²) in [5.41, 5.74) is 4.51. The van der Waals surface area contributed by atoms with E-state index in [2.05, 4.69) is 10.5 Å². The first-order chi connectivity index (χ1) is 10.6. The second-order valence-electron chi connectivity index (χ2n) is 4.58. The van der Waals surface area contributed by atoms with Crippen molar-refractivity contribution >= 4 is 23.2 Å². The number of hydrazone groups is 1. The minimum absolute atomic E-state index is 0.337. The molecular weight excluding hydrogens is 300 g/mol. The first kappa shape index (κ1) is 16.0. The molecule has 0 atom stereocenters. The molecule has 4 nitrogen and oxygen atoms in total. The van der Waals surface area contributed by atoms with Gasteiger partial charge in [-0.25, -0.2) is 5.43 Å². The van der Waals surface area contributed by atoms with Gasteiger partial charge in [0, 0.05) is 0 Å². The zero-order valence-electron chi connectivity index (χ0n) is 12.5. The average Bonchev–Trinajstić information content (AvgIpc) is 2.54. The van der Waals surface area contributed by atoms with Gasteiger partial charge in [0.15, 0.2) is 0 Å². The maximum Gasteiger partial charge on any atom is 0.272 e. The van der Waals surface area contributed by atoms with Crippen LogP contribution in [0.2, 0.25) is 5.02 Å². The molecule has 0 saturated heterocycles. The maximum absolute atomic E-state index is 12.0. The molecule has 0 fully saturated rings. The Labute approximate surface area is 134 Å². The lowest BCUT2D eigenvalue weighted by atomic mass is 10.1. The molecule has 0 radical (unpaired) electrons. The van der Waals surface area contributed by atoms with Crippen LogP contribution in [0.15, 0.2) is 53.6 Å². The van der Waals surface area contributed by atoms with Crippen LogP contribution in [0.3, 0.4) is 0 Å². The van der Waals surface area contributed by atoms with Gasteiger partial charge in [0.25, 0.3) is 5.91 Å². The van der Waals surface area contributed by atoms with Gasteiger partial charge in [-0.1, -0.05) is 23.7 Å². The Morgan fingerprint density at radius 3 is 2.50 bits per heavy atom. The second-order valence-corrected chi connectivity index (χ2v) is 4.98. The highest BCUT2D eigenvalue weighted by atomic mass is 35.5. The van der Waals surface area contributed by atoms with Gasteiger partial charge < -0.3 is 4.74 Å². The summed E-state index contributed by atoms with van der Waals surface area (Å²) >= 11 is 5.98. The molecule has 0 aliphatic carbocycles. The molecule has 0 heterocycles. The lowest BCUT2D eigenvalue weighted by Crippen LogP contribution is -2.19. The van der Waals surface area contributed by atoms with E-state index in [1.807, 2.05) is 38.1 Å². The summed E-state index contributed by atoms with van der Waals surface area (Å²) in [4.78, 5) is 12.0. The Hall–Kier alpha value is -2.33. The number of hydrogen-bond donors (Lipinski definition) is 1. The van der Waals surface area contributed by atoms with Crippen LogP contribution in [-0.4, -0.2) is 18.2 Å². The number of halogens is 1. The molecule has 1 N–H and O–H groups in total. The molecule has 0 bridgehead atoms. The zero-order valence-corrected chi connectivity index (χ0v) is 13.2. The Kier molecular flexibility index (Phi) is 5.55. The van der Waals surface area contributed by atoms with Crippen LogP contribution in [0.1, 0.15) is 29.8 Å². The van der Waals surface area contributed by atoms with Crippen LogP contribution in [0.5, 0.6) is 5.75 Å². The third kappa shape index (κ3) is 4.09. The summed E-state index contributed by atoms with van der Waals surface area (Å²) in [5.74, 6) is 0.468. The number of amides is 1. The molecule has 5 heteroatoms. The summed E-state index contributed by atoms with van der Waals surface area (Å²) < 4.78 is 5.39. The van der Waals surface area contributed by atoms with Gasteiger partial charge in [0.05, 0.1) is 22.9 Å². The van der Waals surface area contributed by atoms with Crippen molar-refractivity contribution < 1.29 is 9.53 Å². The van der Waals surface area contributed by atoms with Crippen molar-refractivity contribution in [3.8, 4) is 5.75 Å². The maximum atomic E-state index is 12.0. The Morgan fingerprint density at radius 2 is 1.86 bits per heavy atom. The van der Waals surface area contributed by atoms with Gasteiger partial charge in [0.2, 0.25) is 0 Å². The van der Waals surface area contributed by atoms with E-state index in [1.54, 1.807) is 24.3 Å². The SMILES string of the molecule is CCOc1ccc(/C(C)=N\NC(=O)c2ccccc2Cl)cc1. The molecule has 0 saturated carbocycles. The highest BCUT2D eigenvalue weighted by molar-refractivity contribution is 6.33. The van der Waals surface area contributed by atoms with Crippen LogP contribution in [0, 0.1) is 0 Å². The van der Waals surface area contributed by atoms with Crippen LogP contribution < -0.4 is 10.2 Å². The molecular formula is C17H17ClN2O2. The molecule has 0 aliphatic heterocycles. The first-order valence-corrected chi connectivity index (χ1v) is 7.32. The fourth-order valence-corrected chi connectivity index (χ4v) is 2.09. The number of rotatable bonds is 5. The number of nitrogens with one attached hydrogen (secondary N) is 1. The van der Waals surface area contributed by atoms with Crippen molar-refractivity contribution in [1.29, 1.82) is 0 Å². The van der Waals surface area contributed by atoms with E-state index in [0.717, 1.165) is 11.3 Å². The minimum atomic E-state index is -0.337. The molecule has 0 unspecified atom stereocenters. The van der Waals surface area contributed by atoms with Crippen LogP contribution >= 0.6 is 11.6 Å². The molecule has 1 amide bonds. The fraction of sp³-hybridized carbons (Fsp3) is 0.176. The molecule has 22 heavy (non-hydrogen) atoms. The van der Waals surface area contributed by atoms with Crippen molar-refractivity contribution in [2.75, 3.05) is 6.61 Å². The number of carbonyl (C=O) groups excluding carboxylic acids is 1. The standard InChI is InChI=1S/C17H17ClN2O2/c1-3-22-14-10-8-13(9-11-14)12(2)19-20-17(21)15-6-4-5-7-16(15)18/h4-11H,3H2,1-2H3,(H,20,21)/b19-12-. The zero-order chi connectivity index (χ0) is 15.9. The van der Waals surface area contributed by atoms with Crippen LogP contribution in [0.25, 0.3) is 0 Å². The summed E-state index contributed by atoms with van der Waals surface area (Å²) in [6, 6.07) is 14.4. The molecule has 2 rings (SSSR count). The highest BCUT2D eigenvalue weighted by Gasteiger charge is 2.08. The van der Waals surface area contributed by atoms with Gasteiger partial charge in [-0.2, -0.15) is 5.10 Å². The van der Waals surface area contributed by atoms with Gasteiger partial charge >= 0.3 is 0 Å². The predicted molar refractivity (Wildman–Crippen MR) is 88.7 cm³/mol. The lowest BCUT2D eigenvalue weighted by Gasteiger charge is -2.06. The van der Waals surface area contributed by atoms with E-state index >= 15 is 0 Å². The molecule has 2 aromatic rings. The molecule has 0 aliphatic rings. The molecule has 2 aromatic carbocycles. The highest BCUT2D eigenvalue weighted by Crippen LogP contribution is 2.15. The van der Waals surface area contributed by atoms with Gasteiger partial charge in [0.1, 0.15) is 5.75 Å². The van der Waals surface area contributed by atoms with Crippen LogP contribution in [0.4, 0.5) is 0 Å². The normalized spacial score (nSPS) is 11.1. The third-order valence-corrected chi connectivity index (χ3v) is 3.36. The Balaban J connectivity index is 2.06. The van der Waals surface area contributed by atoms with Crippen molar-refractivity contribution in [3.63, 3.8) is 0 Å². The summed E-state index contributed by atoms with van der Waals surface area (Å²) in [5, 5.41) is 4.50. The van der Waals surface area contributed by atoms with E-state index in [4.69, 9.17) is 16.3 Å². The van der Waals surface area contributed by atoms with Crippen molar-refractivity contribution in [2.45, 2.75) is 13.8 Å². The second kappa shape index (κ2) is 7.61. The van der Waals surface area contributed by atoms with E-state index in [1.165, 1.54) is 0 Å². The van der Waals surface area contributed by atoms with E-state index in [0.29, 0.717) is 22.9 Å². The first-order valence-electron chi connectivity index (χ1n) is 6.94. The quantitative estimate of drug-likeness (QED) is 0.672. The van der Waals surface area contributed by atoms with Crippen molar-refractivity contribution in [3.05, 3.63) is 64.7 Å². The predicted octanol–water partition coefficient (Wildman–Crippen LogP) is 3.89. The summed E-state index contributed by atoms with van der Waals surface area (Å²) in [7, 11) is 0. The van der Waals surface area contributed by atoms with Gasteiger partial charge in [-0.15, -0.1) is 0 Å². The lowest BCUT2D eigenvalue weighted by molar-refractivity contribution is 0.0955. The van der Waals surface area contributed by atoms with E-state index in [-0.39, 0.29) is 5.91 Å². The fourth-order valence-electron chi connectivity index (χ4n) is 1.86. The van der Waals surface area contributed by atoms with Gasteiger partial charge in [-0.3, -0.25) is 4.79 Å². The number of nitrogens with zero attached hydrogens (tertiary/aromatic N) is 1.